The van der Waals surface area contributed by atoms with Crippen LogP contribution in [0.1, 0.15) is 0 Å². The van der Waals surface area contributed by atoms with E-state index in [0.29, 0.717) is 0 Å². The molecule has 5 aromatic rings. The third kappa shape index (κ3) is 5.78. The largest absolute Gasteiger partial charge is 0.378 e. The minimum Gasteiger partial charge on any atom is -0.378 e. The fourth-order valence-electron chi connectivity index (χ4n) is 4.49. The summed E-state index contributed by atoms with van der Waals surface area (Å²) in [5.41, 5.74) is 4.50. The van der Waals surface area contributed by atoms with Gasteiger partial charge in [0.05, 0.1) is 23.6 Å². The van der Waals surface area contributed by atoms with E-state index in [-0.39, 0.29) is 16.1 Å². The number of hydrogen-bond acceptors (Lipinski definition) is 7. The molecule has 0 atom stereocenters. The number of H-pyrrole nitrogens is 1. The molecule has 0 saturated carbocycles. The lowest BCUT2D eigenvalue weighted by atomic mass is 10.0. The van der Waals surface area contributed by atoms with Crippen LogP contribution in [-0.2, 0) is 4.74 Å². The van der Waals surface area contributed by atoms with Crippen molar-refractivity contribution in [3.05, 3.63) is 107 Å². The molecule has 3 aromatic carbocycles. The summed E-state index contributed by atoms with van der Waals surface area (Å²) in [6, 6.07) is 23.0. The van der Waals surface area contributed by atoms with Crippen LogP contribution in [0, 0.1) is 11.6 Å². The molecule has 1 aliphatic heterocycles. The monoisotopic (exact) mass is 557 g/mol. The van der Waals surface area contributed by atoms with Gasteiger partial charge in [0, 0.05) is 47.7 Å². The number of pyridine rings is 2. The fraction of sp³-hybridized carbons (Fsp3) is 0.133. The smallest absolute Gasteiger partial charge is 0.272 e. The van der Waals surface area contributed by atoms with Gasteiger partial charge in [-0.25, -0.2) is 13.8 Å². The van der Waals surface area contributed by atoms with Gasteiger partial charge in [0.2, 0.25) is 0 Å². The number of aromatic amines is 1. The summed E-state index contributed by atoms with van der Waals surface area (Å²) < 4.78 is 35.5. The first-order valence-electron chi connectivity index (χ1n) is 12.7. The molecular formula is C30H25F2N5O2S. The van der Waals surface area contributed by atoms with E-state index in [1.807, 2.05) is 42.5 Å². The zero-order chi connectivity index (χ0) is 27.5. The molecule has 0 radical (unpaired) electrons. The van der Waals surface area contributed by atoms with E-state index in [1.165, 1.54) is 17.8 Å². The van der Waals surface area contributed by atoms with E-state index in [0.717, 1.165) is 77.9 Å². The highest BCUT2D eigenvalue weighted by atomic mass is 32.2. The van der Waals surface area contributed by atoms with E-state index in [1.54, 1.807) is 12.3 Å². The molecule has 202 valence electrons. The van der Waals surface area contributed by atoms with Crippen LogP contribution in [-0.4, -0.2) is 36.3 Å². The molecule has 0 unspecified atom stereocenters. The molecule has 3 heterocycles. The highest BCUT2D eigenvalue weighted by molar-refractivity contribution is 8.00. The van der Waals surface area contributed by atoms with Gasteiger partial charge >= 0.3 is 0 Å². The topological polar surface area (TPSA) is 82.3 Å². The number of nitrogens with zero attached hydrogens (tertiary/aromatic N) is 2. The van der Waals surface area contributed by atoms with Crippen LogP contribution in [0.3, 0.4) is 0 Å². The highest BCUT2D eigenvalue weighted by Crippen LogP contribution is 2.28. The lowest BCUT2D eigenvalue weighted by molar-refractivity contribution is 0.122. The molecule has 1 aliphatic rings. The number of nitrogens with one attached hydrogen (secondary N) is 3. The number of hydrogen-bond donors (Lipinski definition) is 3. The number of rotatable bonds is 7. The third-order valence-corrected chi connectivity index (χ3v) is 7.48. The summed E-state index contributed by atoms with van der Waals surface area (Å²) >= 11 is 0.904. The van der Waals surface area contributed by atoms with Crippen molar-refractivity contribution in [2.24, 2.45) is 0 Å². The van der Waals surface area contributed by atoms with E-state index >= 15 is 0 Å². The summed E-state index contributed by atoms with van der Waals surface area (Å²) in [6.45, 7) is 3.29. The van der Waals surface area contributed by atoms with Crippen molar-refractivity contribution >= 4 is 45.7 Å². The second-order valence-corrected chi connectivity index (χ2v) is 10.1. The summed E-state index contributed by atoms with van der Waals surface area (Å²) in [7, 11) is 0. The number of aromatic nitrogens is 2. The molecule has 0 amide bonds. The molecule has 3 N–H and O–H groups in total. The van der Waals surface area contributed by atoms with Gasteiger partial charge in [-0.2, -0.15) is 0 Å². The van der Waals surface area contributed by atoms with Crippen LogP contribution in [0.4, 0.5) is 31.7 Å². The molecule has 6 rings (SSSR count). The van der Waals surface area contributed by atoms with Crippen LogP contribution in [0.15, 0.2) is 94.7 Å². The van der Waals surface area contributed by atoms with Crippen molar-refractivity contribution in [3.8, 4) is 11.1 Å². The van der Waals surface area contributed by atoms with Gasteiger partial charge in [0.25, 0.3) is 5.56 Å². The maximum Gasteiger partial charge on any atom is 0.272 e. The number of anilines is 4. The minimum absolute atomic E-state index is 0.181. The standard InChI is InChI=1S/C30H25F2N5O2S/c31-22-3-9-28(25(32)17-22)40-36-27-16-21(18-33-30(27)38)19-1-8-26-20(15-19)2-10-29(35-26)34-23-4-6-24(7-5-23)37-11-13-39-14-12-37/h1-10,15-18,36H,11-14H2,(H,33,38)(H,34,35). The average Bonchev–Trinajstić information content (AvgIpc) is 2.98. The molecule has 0 bridgehead atoms. The Morgan fingerprint density at radius 3 is 2.52 bits per heavy atom. The summed E-state index contributed by atoms with van der Waals surface area (Å²) in [6.07, 6.45) is 1.63. The third-order valence-electron chi connectivity index (χ3n) is 6.61. The van der Waals surface area contributed by atoms with Crippen LogP contribution in [0.2, 0.25) is 0 Å². The fourth-order valence-corrected chi connectivity index (χ4v) is 5.16. The SMILES string of the molecule is O=c1[nH]cc(-c2ccc3nc(Nc4ccc(N5CCOCC5)cc4)ccc3c2)cc1NSc1ccc(F)cc1F. The van der Waals surface area contributed by atoms with Crippen LogP contribution in [0.5, 0.6) is 0 Å². The van der Waals surface area contributed by atoms with Crippen molar-refractivity contribution in [2.45, 2.75) is 4.90 Å². The Labute approximate surface area is 233 Å². The van der Waals surface area contributed by atoms with Crippen LogP contribution in [0.25, 0.3) is 22.0 Å². The Bertz CT molecular complexity index is 1720. The maximum absolute atomic E-state index is 14.0. The van der Waals surface area contributed by atoms with Gasteiger partial charge in [-0.15, -0.1) is 0 Å². The first kappa shape index (κ1) is 25.8. The predicted octanol–water partition coefficient (Wildman–Crippen LogP) is 6.57. The lowest BCUT2D eigenvalue weighted by Crippen LogP contribution is -2.36. The second-order valence-electron chi connectivity index (χ2n) is 9.29. The van der Waals surface area contributed by atoms with Gasteiger partial charge in [-0.3, -0.25) is 4.79 Å². The van der Waals surface area contributed by atoms with Crippen molar-refractivity contribution in [2.75, 3.05) is 41.2 Å². The quantitative estimate of drug-likeness (QED) is 0.195. The number of benzene rings is 3. The number of morpholine rings is 1. The van der Waals surface area contributed by atoms with E-state index < -0.39 is 11.6 Å². The van der Waals surface area contributed by atoms with Gasteiger partial charge in [-0.1, -0.05) is 6.07 Å². The maximum atomic E-state index is 14.0. The van der Waals surface area contributed by atoms with E-state index in [2.05, 4.69) is 32.1 Å². The normalized spacial score (nSPS) is 13.4. The van der Waals surface area contributed by atoms with E-state index in [4.69, 9.17) is 9.72 Å². The zero-order valence-electron chi connectivity index (χ0n) is 21.3. The van der Waals surface area contributed by atoms with Crippen molar-refractivity contribution in [1.82, 2.24) is 9.97 Å². The Morgan fingerprint density at radius 2 is 1.73 bits per heavy atom. The van der Waals surface area contributed by atoms with Gasteiger partial charge in [0.1, 0.15) is 23.1 Å². The molecule has 2 aromatic heterocycles. The average molecular weight is 558 g/mol. The van der Waals surface area contributed by atoms with E-state index in [9.17, 15) is 13.6 Å². The molecule has 1 saturated heterocycles. The Morgan fingerprint density at radius 1 is 0.900 bits per heavy atom. The Hall–Kier alpha value is -4.41. The molecule has 40 heavy (non-hydrogen) atoms. The zero-order valence-corrected chi connectivity index (χ0v) is 22.1. The van der Waals surface area contributed by atoms with Crippen molar-refractivity contribution in [3.63, 3.8) is 0 Å². The predicted molar refractivity (Wildman–Crippen MR) is 156 cm³/mol. The number of fused-ring (bicyclic) bond motifs is 1. The minimum atomic E-state index is -0.703. The highest BCUT2D eigenvalue weighted by Gasteiger charge is 2.12. The Balaban J connectivity index is 1.17. The first-order chi connectivity index (χ1) is 19.5. The van der Waals surface area contributed by atoms with Crippen LogP contribution >= 0.6 is 11.9 Å². The molecular weight excluding hydrogens is 532 g/mol. The van der Waals surface area contributed by atoms with Gasteiger partial charge in [0.15, 0.2) is 0 Å². The van der Waals surface area contributed by atoms with Gasteiger partial charge in [-0.05, 0) is 84.2 Å². The molecule has 7 nitrogen and oxygen atoms in total. The van der Waals surface area contributed by atoms with Crippen molar-refractivity contribution in [1.29, 1.82) is 0 Å². The van der Waals surface area contributed by atoms with Crippen molar-refractivity contribution < 1.29 is 13.5 Å². The number of ether oxygens (including phenoxy) is 1. The molecule has 10 heteroatoms. The second kappa shape index (κ2) is 11.4. The summed E-state index contributed by atoms with van der Waals surface area (Å²) in [5.74, 6) is -0.626. The van der Waals surface area contributed by atoms with Crippen LogP contribution < -0.4 is 20.5 Å². The molecule has 1 fully saturated rings. The Kier molecular flexibility index (Phi) is 7.35. The lowest BCUT2D eigenvalue weighted by Gasteiger charge is -2.28. The summed E-state index contributed by atoms with van der Waals surface area (Å²) in [5, 5.41) is 4.31. The summed E-state index contributed by atoms with van der Waals surface area (Å²) in [4.78, 5) is 22.3. The molecule has 0 aliphatic carbocycles. The molecule has 0 spiro atoms. The van der Waals surface area contributed by atoms with Gasteiger partial charge < -0.3 is 24.7 Å². The first-order valence-corrected chi connectivity index (χ1v) is 13.6. The number of halogens is 2.